The quantitative estimate of drug-likeness (QED) is 0.0624. The van der Waals surface area contributed by atoms with E-state index >= 15 is 0 Å². The molecule has 0 bridgehead atoms. The van der Waals surface area contributed by atoms with Crippen LogP contribution in [0, 0.1) is 27.7 Å². The van der Waals surface area contributed by atoms with Crippen molar-refractivity contribution in [1.82, 2.24) is 9.13 Å². The Labute approximate surface area is 405 Å². The van der Waals surface area contributed by atoms with Crippen molar-refractivity contribution >= 4 is 23.3 Å². The molecule has 0 radical (unpaired) electrons. The van der Waals surface area contributed by atoms with Gasteiger partial charge in [-0.05, 0) is 135 Å². The van der Waals surface area contributed by atoms with Gasteiger partial charge in [-0.15, -0.1) is 0 Å². The number of nitrogens with two attached hydrogens (primary N) is 2. The smallest absolute Gasteiger partial charge is 0.416 e. The molecular formula is C55H48F6N4O6. The standard InChI is InChI=1S/C28H25F3N2O3.C27H23F3N2O3/c1-17-9-11-25(33(17)21-14-22(27(34)35-3)18(2)24(32)15-21)23-13-20(28(29,30)31)10-12-26(23)36-16-19-7-5-4-6-8-19;1-16-8-10-24(32(16)20-13-21(26(33)34)17(2)23(31)14-20)22-12-19(27(28,29)30)9-11-25(22)35-15-18-6-4-3-5-7-18/h4-15H,16,32H2,1-3H3;3-14H,15,31H2,1-2H3,(H,33,34). The number of esters is 1. The first kappa shape index (κ1) is 50.5. The van der Waals surface area contributed by atoms with Crippen LogP contribution in [0.15, 0.2) is 146 Å². The molecular weight excluding hydrogens is 927 g/mol. The molecule has 0 atom stereocenters. The third-order valence-corrected chi connectivity index (χ3v) is 11.8. The van der Waals surface area contributed by atoms with Crippen molar-refractivity contribution in [3.63, 3.8) is 0 Å². The van der Waals surface area contributed by atoms with Crippen LogP contribution in [0.2, 0.25) is 0 Å². The monoisotopic (exact) mass is 974 g/mol. The lowest BCUT2D eigenvalue weighted by Crippen LogP contribution is -2.10. The van der Waals surface area contributed by atoms with Crippen molar-refractivity contribution in [2.24, 2.45) is 0 Å². The Morgan fingerprint density at radius 1 is 0.535 bits per heavy atom. The molecule has 2 heterocycles. The number of carbonyl (C=O) groups is 2. The van der Waals surface area contributed by atoms with Crippen molar-refractivity contribution in [3.05, 3.63) is 201 Å². The van der Waals surface area contributed by atoms with Crippen LogP contribution in [-0.4, -0.2) is 33.3 Å². The van der Waals surface area contributed by atoms with Crippen LogP contribution in [0.4, 0.5) is 37.7 Å². The zero-order valence-corrected chi connectivity index (χ0v) is 39.1. The number of nitrogen functional groups attached to an aromatic ring is 2. The summed E-state index contributed by atoms with van der Waals surface area (Å²) in [6, 6.07) is 38.7. The molecule has 0 spiro atoms. The fourth-order valence-electron chi connectivity index (χ4n) is 7.96. The predicted molar refractivity (Wildman–Crippen MR) is 260 cm³/mol. The highest BCUT2D eigenvalue weighted by molar-refractivity contribution is 5.94. The Kier molecular flexibility index (Phi) is 14.7. The van der Waals surface area contributed by atoms with Crippen molar-refractivity contribution in [3.8, 4) is 45.4 Å². The van der Waals surface area contributed by atoms with E-state index in [0.29, 0.717) is 51.0 Å². The van der Waals surface area contributed by atoms with E-state index < -0.39 is 35.4 Å². The first-order chi connectivity index (χ1) is 33.7. The summed E-state index contributed by atoms with van der Waals surface area (Å²) >= 11 is 0. The number of aromatic carboxylic acids is 1. The Morgan fingerprint density at radius 3 is 1.31 bits per heavy atom. The second-order valence-electron chi connectivity index (χ2n) is 16.6. The zero-order valence-electron chi connectivity index (χ0n) is 39.1. The van der Waals surface area contributed by atoms with Gasteiger partial charge in [0.25, 0.3) is 0 Å². The molecule has 0 unspecified atom stereocenters. The minimum atomic E-state index is -4.55. The van der Waals surface area contributed by atoms with Gasteiger partial charge < -0.3 is 39.9 Å². The van der Waals surface area contributed by atoms with Crippen LogP contribution < -0.4 is 20.9 Å². The number of alkyl halides is 6. The summed E-state index contributed by atoms with van der Waals surface area (Å²) in [6.07, 6.45) is -9.09. The maximum Gasteiger partial charge on any atom is 0.416 e. The van der Waals surface area contributed by atoms with Crippen molar-refractivity contribution in [2.45, 2.75) is 53.3 Å². The molecule has 0 aliphatic rings. The van der Waals surface area contributed by atoms with E-state index in [4.69, 9.17) is 25.7 Å². The third kappa shape index (κ3) is 11.2. The summed E-state index contributed by atoms with van der Waals surface area (Å²) in [5.41, 5.74) is 18.0. The molecule has 10 nitrogen and oxygen atoms in total. The van der Waals surface area contributed by atoms with E-state index in [1.165, 1.54) is 25.3 Å². The number of methoxy groups -OCH3 is 1. The van der Waals surface area contributed by atoms with E-state index in [9.17, 15) is 41.0 Å². The van der Waals surface area contributed by atoms with Gasteiger partial charge in [0.2, 0.25) is 0 Å². The maximum absolute atomic E-state index is 13.7. The number of ether oxygens (including phenoxy) is 3. The zero-order chi connectivity index (χ0) is 51.4. The van der Waals surface area contributed by atoms with Gasteiger partial charge in [-0.1, -0.05) is 60.7 Å². The van der Waals surface area contributed by atoms with Gasteiger partial charge in [0.15, 0.2) is 0 Å². The number of aromatic nitrogens is 2. The number of benzene rings is 6. The minimum Gasteiger partial charge on any atom is -0.488 e. The lowest BCUT2D eigenvalue weighted by atomic mass is 10.0. The molecule has 16 heteroatoms. The van der Waals surface area contributed by atoms with Crippen molar-refractivity contribution < 1.29 is 55.2 Å². The topological polar surface area (TPSA) is 144 Å². The molecule has 5 N–H and O–H groups in total. The number of nitrogens with zero attached hydrogens (tertiary/aromatic N) is 2. The molecule has 0 fully saturated rings. The number of anilines is 2. The summed E-state index contributed by atoms with van der Waals surface area (Å²) in [6.45, 7) is 7.25. The van der Waals surface area contributed by atoms with Gasteiger partial charge in [-0.25, -0.2) is 9.59 Å². The van der Waals surface area contributed by atoms with Crippen molar-refractivity contribution in [1.29, 1.82) is 0 Å². The van der Waals surface area contributed by atoms with Gasteiger partial charge in [-0.2, -0.15) is 26.3 Å². The lowest BCUT2D eigenvalue weighted by Gasteiger charge is -2.19. The van der Waals surface area contributed by atoms with E-state index in [-0.39, 0.29) is 46.9 Å². The third-order valence-electron chi connectivity index (χ3n) is 11.8. The SMILES string of the molecule is COC(=O)c1cc(-n2c(C)ccc2-c2cc(C(F)(F)F)ccc2OCc2ccccc2)cc(N)c1C.Cc1c(N)cc(-n2c(C)ccc2-c2cc(C(F)(F)F)ccc2OCc2ccccc2)cc1C(=O)O. The van der Waals surface area contributed by atoms with Crippen molar-refractivity contribution in [2.75, 3.05) is 18.6 Å². The molecule has 0 amide bonds. The van der Waals surface area contributed by atoms with Gasteiger partial charge in [0.1, 0.15) is 24.7 Å². The maximum atomic E-state index is 13.7. The Morgan fingerprint density at radius 2 is 0.930 bits per heavy atom. The average Bonchev–Trinajstić information content (AvgIpc) is 3.93. The normalized spacial score (nSPS) is 11.4. The summed E-state index contributed by atoms with van der Waals surface area (Å²) < 4.78 is 102. The van der Waals surface area contributed by atoms with Crippen LogP contribution in [0.3, 0.4) is 0 Å². The van der Waals surface area contributed by atoms with Crippen LogP contribution in [0.5, 0.6) is 11.5 Å². The number of carbonyl (C=O) groups excluding carboxylic acids is 1. The fourth-order valence-corrected chi connectivity index (χ4v) is 7.96. The fraction of sp³-hybridized carbons (Fsp3) is 0.164. The lowest BCUT2D eigenvalue weighted by molar-refractivity contribution is -0.138. The Balaban J connectivity index is 0.000000209. The largest absolute Gasteiger partial charge is 0.488 e. The molecule has 8 rings (SSSR count). The summed E-state index contributed by atoms with van der Waals surface area (Å²) in [7, 11) is 1.27. The predicted octanol–water partition coefficient (Wildman–Crippen LogP) is 13.4. The molecule has 6 aromatic carbocycles. The molecule has 0 aliphatic carbocycles. The van der Waals surface area contributed by atoms with E-state index in [1.807, 2.05) is 67.6 Å². The Hall–Kier alpha value is -8.40. The second kappa shape index (κ2) is 20.7. The first-order valence-electron chi connectivity index (χ1n) is 21.9. The average molecular weight is 975 g/mol. The summed E-state index contributed by atoms with van der Waals surface area (Å²) in [5, 5.41) is 9.61. The van der Waals surface area contributed by atoms with E-state index in [0.717, 1.165) is 41.1 Å². The second-order valence-corrected chi connectivity index (χ2v) is 16.6. The highest BCUT2D eigenvalue weighted by Gasteiger charge is 2.33. The number of hydrogen-bond donors (Lipinski definition) is 3. The van der Waals surface area contributed by atoms with Crippen LogP contribution in [-0.2, 0) is 30.3 Å². The highest BCUT2D eigenvalue weighted by atomic mass is 19.4. The van der Waals surface area contributed by atoms with Crippen LogP contribution in [0.1, 0.15) is 65.5 Å². The number of carboxylic acid groups (broad SMARTS) is 1. The molecule has 8 aromatic rings. The summed E-state index contributed by atoms with van der Waals surface area (Å²) in [4.78, 5) is 24.1. The Bertz CT molecular complexity index is 3230. The molecule has 71 heavy (non-hydrogen) atoms. The van der Waals surface area contributed by atoms with Crippen LogP contribution >= 0.6 is 0 Å². The number of aryl methyl sites for hydroxylation is 2. The van der Waals surface area contributed by atoms with Gasteiger partial charge in [0.05, 0.1) is 40.8 Å². The molecule has 0 saturated heterocycles. The minimum absolute atomic E-state index is 0.0173. The molecule has 2 aromatic heterocycles. The van der Waals surface area contributed by atoms with Crippen LogP contribution in [0.25, 0.3) is 33.9 Å². The number of rotatable bonds is 12. The van der Waals surface area contributed by atoms with E-state index in [1.54, 1.807) is 72.4 Å². The number of hydrogen-bond acceptors (Lipinski definition) is 7. The van der Waals surface area contributed by atoms with Gasteiger partial charge in [0, 0.05) is 45.3 Å². The number of carboxylic acids is 1. The summed E-state index contributed by atoms with van der Waals surface area (Å²) in [5.74, 6) is -1.15. The first-order valence-corrected chi connectivity index (χ1v) is 21.9. The van der Waals surface area contributed by atoms with E-state index in [2.05, 4.69) is 0 Å². The molecule has 0 saturated carbocycles. The van der Waals surface area contributed by atoms with Gasteiger partial charge >= 0.3 is 24.3 Å². The molecule has 0 aliphatic heterocycles. The number of halogens is 6. The van der Waals surface area contributed by atoms with Gasteiger partial charge in [-0.3, -0.25) is 0 Å². The highest BCUT2D eigenvalue weighted by Crippen LogP contribution is 2.42. The molecule has 366 valence electrons.